The van der Waals surface area contributed by atoms with Gasteiger partial charge in [-0.15, -0.1) is 0 Å². The number of nitrogens with zero attached hydrogens (tertiary/aromatic N) is 1. The highest BCUT2D eigenvalue weighted by Crippen LogP contribution is 2.49. The molecule has 130 valence electrons. The number of carbonyl (C=O) groups excluding carboxylic acids is 1. The molecule has 3 rings (SSSR count). The summed E-state index contributed by atoms with van der Waals surface area (Å²) in [5.74, 6) is -2.24. The fourth-order valence-corrected chi connectivity index (χ4v) is 3.55. The molecule has 1 aromatic rings. The molecule has 2 atom stereocenters. The molecule has 1 aliphatic carbocycles. The van der Waals surface area contributed by atoms with Gasteiger partial charge in [-0.1, -0.05) is 23.7 Å². The number of fused-ring (bicyclic) bond motifs is 1. The van der Waals surface area contributed by atoms with Crippen molar-refractivity contribution in [2.24, 2.45) is 5.92 Å². The van der Waals surface area contributed by atoms with Gasteiger partial charge in [0, 0.05) is 5.70 Å². The van der Waals surface area contributed by atoms with Crippen LogP contribution in [0.5, 0.6) is 0 Å². The second-order valence-electron chi connectivity index (χ2n) is 6.10. The van der Waals surface area contributed by atoms with E-state index in [1.807, 2.05) is 0 Å². The summed E-state index contributed by atoms with van der Waals surface area (Å²) in [7, 11) is 0. The largest absolute Gasteiger partial charge is 0.439 e. The molecule has 1 aliphatic heterocycles. The number of carbonyl (C=O) groups is 1. The Kier molecular flexibility index (Phi) is 4.04. The van der Waals surface area contributed by atoms with Crippen LogP contribution >= 0.6 is 11.6 Å². The lowest BCUT2D eigenvalue weighted by atomic mass is 9.84. The Bertz CT molecular complexity index is 720. The molecule has 1 saturated heterocycles. The molecule has 0 saturated carbocycles. The van der Waals surface area contributed by atoms with E-state index in [1.54, 1.807) is 19.1 Å². The molecule has 0 aromatic heterocycles. The zero-order chi connectivity index (χ0) is 17.7. The standard InChI is InChI=1S/C16H16ClF3N2O2/c1-9-6-7-10(12(17)8-9)14(23)22-15(24,16(18,19)20)11-4-2-3-5-13(11)21-22/h5-8,11,21,24H,2-4H2,1H3/t11-,15+/m0/s1. The molecule has 8 heteroatoms. The Morgan fingerprint density at radius 1 is 1.46 bits per heavy atom. The van der Waals surface area contributed by atoms with Crippen LogP contribution in [-0.2, 0) is 0 Å². The van der Waals surface area contributed by atoms with Crippen molar-refractivity contribution in [3.63, 3.8) is 0 Å². The highest BCUT2D eigenvalue weighted by Gasteiger charge is 2.68. The van der Waals surface area contributed by atoms with Gasteiger partial charge < -0.3 is 5.11 Å². The Balaban J connectivity index is 2.06. The van der Waals surface area contributed by atoms with Gasteiger partial charge in [-0.3, -0.25) is 10.2 Å². The molecule has 1 heterocycles. The molecule has 2 N–H and O–H groups in total. The van der Waals surface area contributed by atoms with E-state index in [1.165, 1.54) is 12.1 Å². The maximum atomic E-state index is 13.7. The summed E-state index contributed by atoms with van der Waals surface area (Å²) in [6.45, 7) is 1.75. The SMILES string of the molecule is Cc1ccc(C(=O)N2NC3=CCCC[C@@H]3[C@@]2(O)C(F)(F)F)c(Cl)c1. The molecular formula is C16H16ClF3N2O2. The maximum Gasteiger partial charge on any atom is 0.439 e. The van der Waals surface area contributed by atoms with Crippen LogP contribution in [0.25, 0.3) is 0 Å². The molecule has 2 aliphatic rings. The van der Waals surface area contributed by atoms with Gasteiger partial charge in [-0.05, 0) is 43.9 Å². The second-order valence-corrected chi connectivity index (χ2v) is 6.51. The summed E-state index contributed by atoms with van der Waals surface area (Å²) < 4.78 is 41.0. The molecule has 0 unspecified atom stereocenters. The van der Waals surface area contributed by atoms with Gasteiger partial charge in [0.2, 0.25) is 0 Å². The van der Waals surface area contributed by atoms with Crippen molar-refractivity contribution in [2.45, 2.75) is 38.1 Å². The number of hydrogen-bond donors (Lipinski definition) is 2. The molecule has 24 heavy (non-hydrogen) atoms. The average Bonchev–Trinajstić information content (AvgIpc) is 2.81. The predicted molar refractivity (Wildman–Crippen MR) is 81.9 cm³/mol. The first-order chi connectivity index (χ1) is 11.2. The first-order valence-corrected chi connectivity index (χ1v) is 7.90. The number of alkyl halides is 3. The van der Waals surface area contributed by atoms with Crippen LogP contribution in [0.15, 0.2) is 30.0 Å². The van der Waals surface area contributed by atoms with Crippen molar-refractivity contribution in [3.05, 3.63) is 46.1 Å². The fraction of sp³-hybridized carbons (Fsp3) is 0.438. The van der Waals surface area contributed by atoms with Crippen LogP contribution in [-0.4, -0.2) is 27.9 Å². The van der Waals surface area contributed by atoms with Crippen LogP contribution in [0, 0.1) is 12.8 Å². The molecular weight excluding hydrogens is 345 g/mol. The van der Waals surface area contributed by atoms with Gasteiger partial charge in [-0.25, -0.2) is 5.01 Å². The van der Waals surface area contributed by atoms with Gasteiger partial charge in [0.1, 0.15) is 0 Å². The van der Waals surface area contributed by atoms with E-state index < -0.39 is 23.7 Å². The minimum Gasteiger partial charge on any atom is -0.362 e. The summed E-state index contributed by atoms with van der Waals surface area (Å²) in [6.07, 6.45) is -2.17. The van der Waals surface area contributed by atoms with Gasteiger partial charge in [0.05, 0.1) is 16.5 Å². The zero-order valence-corrected chi connectivity index (χ0v) is 13.6. The number of hydrogen-bond acceptors (Lipinski definition) is 3. The molecule has 1 fully saturated rings. The topological polar surface area (TPSA) is 52.6 Å². The lowest BCUT2D eigenvalue weighted by Crippen LogP contribution is -2.62. The summed E-state index contributed by atoms with van der Waals surface area (Å²) in [5.41, 5.74) is 0.0368. The third-order valence-corrected chi connectivity index (χ3v) is 4.79. The van der Waals surface area contributed by atoms with Crippen LogP contribution in [0.2, 0.25) is 5.02 Å². The third-order valence-electron chi connectivity index (χ3n) is 4.48. The normalized spacial score (nSPS) is 26.7. The number of aryl methyl sites for hydroxylation is 1. The molecule has 1 amide bonds. The van der Waals surface area contributed by atoms with Gasteiger partial charge in [0.25, 0.3) is 11.6 Å². The predicted octanol–water partition coefficient (Wildman–Crippen LogP) is 3.54. The summed E-state index contributed by atoms with van der Waals surface area (Å²) in [4.78, 5) is 12.7. The van der Waals surface area contributed by atoms with Crippen molar-refractivity contribution in [2.75, 3.05) is 0 Å². The van der Waals surface area contributed by atoms with Crippen molar-refractivity contribution in [1.82, 2.24) is 10.4 Å². The quantitative estimate of drug-likeness (QED) is 0.805. The second kappa shape index (κ2) is 5.67. The first kappa shape index (κ1) is 17.1. The van der Waals surface area contributed by atoms with Crippen LogP contribution < -0.4 is 5.43 Å². The van der Waals surface area contributed by atoms with E-state index in [9.17, 15) is 23.1 Å². The van der Waals surface area contributed by atoms with Crippen LogP contribution in [0.1, 0.15) is 35.2 Å². The Labute approximate surface area is 141 Å². The number of aliphatic hydroxyl groups is 1. The fourth-order valence-electron chi connectivity index (χ4n) is 3.23. The highest BCUT2D eigenvalue weighted by molar-refractivity contribution is 6.33. The number of halogens is 4. The van der Waals surface area contributed by atoms with Crippen LogP contribution in [0.4, 0.5) is 13.2 Å². The Morgan fingerprint density at radius 3 is 2.79 bits per heavy atom. The average molecular weight is 361 g/mol. The lowest BCUT2D eigenvalue weighted by Gasteiger charge is -2.37. The van der Waals surface area contributed by atoms with E-state index in [-0.39, 0.29) is 27.7 Å². The molecule has 4 nitrogen and oxygen atoms in total. The number of hydrazine groups is 1. The minimum atomic E-state index is -5.01. The summed E-state index contributed by atoms with van der Waals surface area (Å²) in [6, 6.07) is 4.42. The van der Waals surface area contributed by atoms with E-state index in [0.717, 1.165) is 5.56 Å². The maximum absolute atomic E-state index is 13.7. The number of nitrogens with one attached hydrogen (secondary N) is 1. The van der Waals surface area contributed by atoms with Gasteiger partial charge >= 0.3 is 6.18 Å². The van der Waals surface area contributed by atoms with Crippen molar-refractivity contribution in [1.29, 1.82) is 0 Å². The van der Waals surface area contributed by atoms with Gasteiger partial charge in [0.15, 0.2) is 0 Å². The van der Waals surface area contributed by atoms with E-state index in [2.05, 4.69) is 5.43 Å². The van der Waals surface area contributed by atoms with Crippen molar-refractivity contribution < 1.29 is 23.1 Å². The molecule has 1 aromatic carbocycles. The summed E-state index contributed by atoms with van der Waals surface area (Å²) in [5, 5.41) is 10.8. The molecule has 0 spiro atoms. The highest BCUT2D eigenvalue weighted by atomic mass is 35.5. The monoisotopic (exact) mass is 360 g/mol. The van der Waals surface area contributed by atoms with Gasteiger partial charge in [-0.2, -0.15) is 13.2 Å². The third kappa shape index (κ3) is 2.46. The Hall–Kier alpha value is -1.73. The van der Waals surface area contributed by atoms with E-state index >= 15 is 0 Å². The van der Waals surface area contributed by atoms with Crippen molar-refractivity contribution in [3.8, 4) is 0 Å². The number of rotatable bonds is 1. The first-order valence-electron chi connectivity index (χ1n) is 7.53. The Morgan fingerprint density at radius 2 is 2.17 bits per heavy atom. The summed E-state index contributed by atoms with van der Waals surface area (Å²) >= 11 is 6.01. The number of benzene rings is 1. The van der Waals surface area contributed by atoms with E-state index in [4.69, 9.17) is 11.6 Å². The minimum absolute atomic E-state index is 0.0372. The number of allylic oxidation sites excluding steroid dienone is 1. The zero-order valence-electron chi connectivity index (χ0n) is 12.8. The number of amides is 1. The van der Waals surface area contributed by atoms with Crippen molar-refractivity contribution >= 4 is 17.5 Å². The lowest BCUT2D eigenvalue weighted by molar-refractivity contribution is -0.314. The molecule has 0 bridgehead atoms. The molecule has 0 radical (unpaired) electrons. The van der Waals surface area contributed by atoms with Crippen LogP contribution in [0.3, 0.4) is 0 Å². The smallest absolute Gasteiger partial charge is 0.362 e. The van der Waals surface area contributed by atoms with E-state index in [0.29, 0.717) is 12.8 Å².